The lowest BCUT2D eigenvalue weighted by molar-refractivity contribution is -0.119. The number of amides is 1. The highest BCUT2D eigenvalue weighted by atomic mass is 79.9. The standard InChI is InChI=1S/C17H11BrN2O4S/c1-9-12-6-11(18)2-3-13(12)24-15(9)17(22)23-8-14(21)20-16-10(7-19)4-5-25-16/h2-6H,8H2,1H3,(H,20,21). The molecule has 1 aromatic carbocycles. The van der Waals surface area contributed by atoms with E-state index < -0.39 is 18.5 Å². The van der Waals surface area contributed by atoms with E-state index in [1.807, 2.05) is 18.2 Å². The molecular weight excluding hydrogens is 408 g/mol. The topological polar surface area (TPSA) is 92.3 Å². The third-order valence-electron chi connectivity index (χ3n) is 3.46. The van der Waals surface area contributed by atoms with Gasteiger partial charge in [0.05, 0.1) is 5.56 Å². The first-order valence-corrected chi connectivity index (χ1v) is 8.80. The van der Waals surface area contributed by atoms with Crippen molar-refractivity contribution in [1.29, 1.82) is 5.26 Å². The van der Waals surface area contributed by atoms with E-state index in [0.717, 1.165) is 9.86 Å². The zero-order valence-corrected chi connectivity index (χ0v) is 15.4. The zero-order chi connectivity index (χ0) is 18.0. The van der Waals surface area contributed by atoms with Gasteiger partial charge in [-0.2, -0.15) is 5.26 Å². The van der Waals surface area contributed by atoms with Crippen LogP contribution in [-0.2, 0) is 9.53 Å². The summed E-state index contributed by atoms with van der Waals surface area (Å²) in [6.07, 6.45) is 0. The monoisotopic (exact) mass is 418 g/mol. The summed E-state index contributed by atoms with van der Waals surface area (Å²) in [5, 5.41) is 14.4. The smallest absolute Gasteiger partial charge is 0.375 e. The van der Waals surface area contributed by atoms with Crippen LogP contribution in [-0.4, -0.2) is 18.5 Å². The Bertz CT molecular complexity index is 1020. The predicted octanol–water partition coefficient (Wildman–Crippen LogP) is 4.23. The molecule has 0 aliphatic carbocycles. The Balaban J connectivity index is 1.68. The van der Waals surface area contributed by atoms with E-state index in [1.54, 1.807) is 24.4 Å². The number of hydrogen-bond acceptors (Lipinski definition) is 6. The number of rotatable bonds is 4. The number of ether oxygens (including phenoxy) is 1. The number of aryl methyl sites for hydroxylation is 1. The van der Waals surface area contributed by atoms with E-state index in [1.165, 1.54) is 11.3 Å². The Labute approximate surface area is 155 Å². The van der Waals surface area contributed by atoms with Crippen molar-refractivity contribution < 1.29 is 18.7 Å². The van der Waals surface area contributed by atoms with Gasteiger partial charge in [-0.1, -0.05) is 15.9 Å². The van der Waals surface area contributed by atoms with Crippen molar-refractivity contribution in [2.45, 2.75) is 6.92 Å². The second kappa shape index (κ2) is 7.09. The number of nitriles is 1. The summed E-state index contributed by atoms with van der Waals surface area (Å²) in [6.45, 7) is 1.28. The number of fused-ring (bicyclic) bond motifs is 1. The maximum absolute atomic E-state index is 12.2. The molecule has 0 bridgehead atoms. The van der Waals surface area contributed by atoms with E-state index in [4.69, 9.17) is 14.4 Å². The summed E-state index contributed by atoms with van der Waals surface area (Å²) in [7, 11) is 0. The van der Waals surface area contributed by atoms with Crippen LogP contribution in [0.2, 0.25) is 0 Å². The molecule has 0 saturated heterocycles. The Morgan fingerprint density at radius 3 is 2.96 bits per heavy atom. The molecule has 0 radical (unpaired) electrons. The molecule has 3 rings (SSSR count). The van der Waals surface area contributed by atoms with Crippen LogP contribution in [0.4, 0.5) is 5.00 Å². The predicted molar refractivity (Wildman–Crippen MR) is 96.6 cm³/mol. The van der Waals surface area contributed by atoms with Gasteiger partial charge >= 0.3 is 5.97 Å². The number of esters is 1. The SMILES string of the molecule is Cc1c(C(=O)OCC(=O)Nc2sccc2C#N)oc2ccc(Br)cc12. The van der Waals surface area contributed by atoms with E-state index >= 15 is 0 Å². The van der Waals surface area contributed by atoms with Crippen LogP contribution >= 0.6 is 27.3 Å². The summed E-state index contributed by atoms with van der Waals surface area (Å²) in [6, 6.07) is 8.97. The summed E-state index contributed by atoms with van der Waals surface area (Å²) >= 11 is 4.59. The van der Waals surface area contributed by atoms with Crippen molar-refractivity contribution in [3.8, 4) is 6.07 Å². The highest BCUT2D eigenvalue weighted by Crippen LogP contribution is 2.28. The quantitative estimate of drug-likeness (QED) is 0.639. The van der Waals surface area contributed by atoms with E-state index in [0.29, 0.717) is 21.7 Å². The third kappa shape index (κ3) is 3.57. The number of anilines is 1. The Morgan fingerprint density at radius 2 is 2.20 bits per heavy atom. The molecule has 1 amide bonds. The van der Waals surface area contributed by atoms with Crippen molar-refractivity contribution in [2.75, 3.05) is 11.9 Å². The average Bonchev–Trinajstić information content (AvgIpc) is 3.17. The second-order valence-corrected chi connectivity index (χ2v) is 6.93. The van der Waals surface area contributed by atoms with Crippen molar-refractivity contribution in [3.63, 3.8) is 0 Å². The lowest BCUT2D eigenvalue weighted by Crippen LogP contribution is -2.20. The first kappa shape index (κ1) is 17.2. The number of carbonyl (C=O) groups excluding carboxylic acids is 2. The van der Waals surface area contributed by atoms with E-state index in [2.05, 4.69) is 21.2 Å². The first-order valence-electron chi connectivity index (χ1n) is 7.13. The molecule has 0 spiro atoms. The van der Waals surface area contributed by atoms with Crippen LogP contribution in [0.15, 0.2) is 38.5 Å². The fourth-order valence-electron chi connectivity index (χ4n) is 2.24. The van der Waals surface area contributed by atoms with Crippen LogP contribution in [0.25, 0.3) is 11.0 Å². The van der Waals surface area contributed by atoms with Gasteiger partial charge in [0, 0.05) is 15.4 Å². The maximum Gasteiger partial charge on any atom is 0.375 e. The molecular formula is C17H11BrN2O4S. The first-order chi connectivity index (χ1) is 12.0. The fraction of sp³-hybridized carbons (Fsp3) is 0.118. The van der Waals surface area contributed by atoms with Crippen molar-refractivity contribution in [2.24, 2.45) is 0 Å². The number of nitrogens with one attached hydrogen (secondary N) is 1. The largest absolute Gasteiger partial charge is 0.450 e. The minimum absolute atomic E-state index is 0.0646. The van der Waals surface area contributed by atoms with Crippen LogP contribution in [0, 0.1) is 18.3 Å². The molecule has 0 atom stereocenters. The highest BCUT2D eigenvalue weighted by molar-refractivity contribution is 9.10. The van der Waals surface area contributed by atoms with Gasteiger partial charge in [-0.05, 0) is 36.6 Å². The molecule has 126 valence electrons. The maximum atomic E-state index is 12.2. The van der Waals surface area contributed by atoms with Crippen LogP contribution in [0.1, 0.15) is 21.7 Å². The normalized spacial score (nSPS) is 10.4. The van der Waals surface area contributed by atoms with Crippen LogP contribution < -0.4 is 5.32 Å². The van der Waals surface area contributed by atoms with Crippen molar-refractivity contribution in [1.82, 2.24) is 0 Å². The Hall–Kier alpha value is -2.63. The average molecular weight is 419 g/mol. The molecule has 2 heterocycles. The van der Waals surface area contributed by atoms with Gasteiger partial charge in [-0.25, -0.2) is 4.79 Å². The van der Waals surface area contributed by atoms with E-state index in [-0.39, 0.29) is 5.76 Å². The molecule has 3 aromatic rings. The third-order valence-corrected chi connectivity index (χ3v) is 4.78. The lowest BCUT2D eigenvalue weighted by Gasteiger charge is -2.04. The number of halogens is 1. The summed E-state index contributed by atoms with van der Waals surface area (Å²) in [5.41, 5.74) is 1.57. The molecule has 8 heteroatoms. The number of benzene rings is 1. The van der Waals surface area contributed by atoms with Gasteiger partial charge in [-0.15, -0.1) is 11.3 Å². The zero-order valence-electron chi connectivity index (χ0n) is 13.0. The molecule has 25 heavy (non-hydrogen) atoms. The minimum Gasteiger partial charge on any atom is -0.450 e. The molecule has 0 aliphatic heterocycles. The van der Waals surface area contributed by atoms with Gasteiger partial charge in [0.1, 0.15) is 16.7 Å². The number of nitrogens with zero attached hydrogens (tertiary/aromatic N) is 1. The van der Waals surface area contributed by atoms with Gasteiger partial charge in [0.25, 0.3) is 5.91 Å². The number of thiophene rings is 1. The molecule has 0 saturated carbocycles. The van der Waals surface area contributed by atoms with Crippen LogP contribution in [0.3, 0.4) is 0 Å². The number of furan rings is 1. The second-order valence-electron chi connectivity index (χ2n) is 5.10. The van der Waals surface area contributed by atoms with Crippen molar-refractivity contribution >= 4 is 55.1 Å². The highest BCUT2D eigenvalue weighted by Gasteiger charge is 2.20. The summed E-state index contributed by atoms with van der Waals surface area (Å²) < 4.78 is 11.4. The fourth-order valence-corrected chi connectivity index (χ4v) is 3.36. The van der Waals surface area contributed by atoms with Crippen LogP contribution in [0.5, 0.6) is 0 Å². The number of hydrogen-bond donors (Lipinski definition) is 1. The van der Waals surface area contributed by atoms with Gasteiger partial charge in [-0.3, -0.25) is 4.79 Å². The Morgan fingerprint density at radius 1 is 1.40 bits per heavy atom. The Kier molecular flexibility index (Phi) is 4.88. The molecule has 6 nitrogen and oxygen atoms in total. The van der Waals surface area contributed by atoms with Crippen molar-refractivity contribution in [3.05, 3.63) is 51.0 Å². The van der Waals surface area contributed by atoms with E-state index in [9.17, 15) is 9.59 Å². The summed E-state index contributed by atoms with van der Waals surface area (Å²) in [5.74, 6) is -1.18. The van der Waals surface area contributed by atoms with Gasteiger partial charge in [0.15, 0.2) is 6.61 Å². The number of carbonyl (C=O) groups is 2. The molecule has 0 unspecified atom stereocenters. The summed E-state index contributed by atoms with van der Waals surface area (Å²) in [4.78, 5) is 24.1. The van der Waals surface area contributed by atoms with Gasteiger partial charge < -0.3 is 14.5 Å². The molecule has 1 N–H and O–H groups in total. The molecule has 0 aliphatic rings. The molecule has 2 aromatic heterocycles. The minimum atomic E-state index is -0.716. The molecule has 0 fully saturated rings. The van der Waals surface area contributed by atoms with Gasteiger partial charge in [0.2, 0.25) is 5.76 Å². The lowest BCUT2D eigenvalue weighted by atomic mass is 10.1.